The van der Waals surface area contributed by atoms with Gasteiger partial charge in [0.15, 0.2) is 5.78 Å². The third-order valence-electron chi connectivity index (χ3n) is 6.25. The van der Waals surface area contributed by atoms with Crippen molar-refractivity contribution in [2.24, 2.45) is 0 Å². The first-order chi connectivity index (χ1) is 16.6. The Kier molecular flexibility index (Phi) is 6.23. The minimum atomic E-state index is -0.143. The van der Waals surface area contributed by atoms with Crippen molar-refractivity contribution in [3.63, 3.8) is 0 Å². The lowest BCUT2D eigenvalue weighted by atomic mass is 9.97. The number of phenolic OH excluding ortho intramolecular Hbond substituents is 1. The van der Waals surface area contributed by atoms with Crippen molar-refractivity contribution in [2.75, 3.05) is 33.4 Å². The topological polar surface area (TPSA) is 72.1 Å². The van der Waals surface area contributed by atoms with E-state index in [1.165, 1.54) is 12.8 Å². The van der Waals surface area contributed by atoms with Crippen LogP contribution in [0.3, 0.4) is 0 Å². The number of hydrogen-bond acceptors (Lipinski definition) is 6. The van der Waals surface area contributed by atoms with Crippen molar-refractivity contribution in [1.29, 1.82) is 0 Å². The van der Waals surface area contributed by atoms with Gasteiger partial charge in [-0.05, 0) is 86.6 Å². The molecule has 174 valence electrons. The van der Waals surface area contributed by atoms with Gasteiger partial charge in [0.2, 0.25) is 0 Å². The summed E-state index contributed by atoms with van der Waals surface area (Å²) in [5.74, 6) is 1.86. The molecule has 1 aromatic heterocycles. The number of rotatable bonds is 8. The Morgan fingerprint density at radius 2 is 1.68 bits per heavy atom. The second-order valence-corrected chi connectivity index (χ2v) is 8.47. The molecule has 1 aliphatic heterocycles. The maximum atomic E-state index is 13.6. The molecule has 0 saturated carbocycles. The van der Waals surface area contributed by atoms with Crippen molar-refractivity contribution in [2.45, 2.75) is 12.8 Å². The molecule has 2 heterocycles. The van der Waals surface area contributed by atoms with Crippen LogP contribution in [-0.4, -0.2) is 49.1 Å². The lowest BCUT2D eigenvalue weighted by Crippen LogP contribution is -2.25. The van der Waals surface area contributed by atoms with Crippen LogP contribution in [0.2, 0.25) is 0 Å². The number of phenols is 1. The second kappa shape index (κ2) is 9.61. The summed E-state index contributed by atoms with van der Waals surface area (Å²) in [5.41, 5.74) is 2.29. The number of furan rings is 1. The molecule has 0 bridgehead atoms. The van der Waals surface area contributed by atoms with Gasteiger partial charge in [0.1, 0.15) is 35.2 Å². The van der Waals surface area contributed by atoms with Gasteiger partial charge in [0, 0.05) is 29.1 Å². The molecule has 34 heavy (non-hydrogen) atoms. The summed E-state index contributed by atoms with van der Waals surface area (Å²) in [7, 11) is 1.59. The van der Waals surface area contributed by atoms with Gasteiger partial charge in [0.25, 0.3) is 0 Å². The number of hydrogen-bond donors (Lipinski definition) is 1. The maximum Gasteiger partial charge on any atom is 0.197 e. The molecule has 0 spiro atoms. The zero-order valence-corrected chi connectivity index (χ0v) is 19.1. The van der Waals surface area contributed by atoms with Crippen LogP contribution < -0.4 is 9.47 Å². The van der Waals surface area contributed by atoms with E-state index in [0.717, 1.165) is 25.4 Å². The van der Waals surface area contributed by atoms with Gasteiger partial charge < -0.3 is 19.0 Å². The first kappa shape index (κ1) is 22.0. The summed E-state index contributed by atoms with van der Waals surface area (Å²) in [6.45, 7) is 3.84. The van der Waals surface area contributed by atoms with Crippen LogP contribution >= 0.6 is 0 Å². The fourth-order valence-corrected chi connectivity index (χ4v) is 4.39. The van der Waals surface area contributed by atoms with Crippen molar-refractivity contribution in [3.05, 3.63) is 77.9 Å². The molecule has 6 nitrogen and oxygen atoms in total. The van der Waals surface area contributed by atoms with Gasteiger partial charge in [0.05, 0.1) is 12.7 Å². The number of fused-ring (bicyclic) bond motifs is 1. The van der Waals surface area contributed by atoms with Crippen molar-refractivity contribution < 1.29 is 23.8 Å². The Morgan fingerprint density at radius 3 is 2.38 bits per heavy atom. The zero-order valence-electron chi connectivity index (χ0n) is 19.1. The highest BCUT2D eigenvalue weighted by atomic mass is 16.5. The number of carbonyl (C=O) groups excluding carboxylic acids is 1. The van der Waals surface area contributed by atoms with E-state index in [4.69, 9.17) is 13.9 Å². The molecule has 1 aliphatic rings. The third-order valence-corrected chi connectivity index (χ3v) is 6.25. The standard InChI is InChI=1S/C28H27NO5/c1-32-23-12-13-24-25(18-23)34-28(20-4-8-21(30)9-5-20)26(24)27(31)19-6-10-22(11-7-19)33-17-16-29-14-2-3-15-29/h4-13,18,30H,2-3,14-17H2,1H3. The highest BCUT2D eigenvalue weighted by Gasteiger charge is 2.24. The molecule has 0 atom stereocenters. The summed E-state index contributed by atoms with van der Waals surface area (Å²) in [4.78, 5) is 16.1. The van der Waals surface area contributed by atoms with Gasteiger partial charge in [-0.25, -0.2) is 0 Å². The number of likely N-dealkylation sites (tertiary alicyclic amines) is 1. The Hall–Kier alpha value is -3.77. The first-order valence-electron chi connectivity index (χ1n) is 11.5. The Morgan fingerprint density at radius 1 is 0.971 bits per heavy atom. The summed E-state index contributed by atoms with van der Waals surface area (Å²) in [6, 6.07) is 19.3. The fraction of sp³-hybridized carbons (Fsp3) is 0.250. The number of benzene rings is 3. The van der Waals surface area contributed by atoms with Gasteiger partial charge in [-0.1, -0.05) is 0 Å². The Bertz CT molecular complexity index is 1290. The van der Waals surface area contributed by atoms with Crippen molar-refractivity contribution >= 4 is 16.8 Å². The minimum Gasteiger partial charge on any atom is -0.508 e. The lowest BCUT2D eigenvalue weighted by Gasteiger charge is -2.15. The van der Waals surface area contributed by atoms with Gasteiger partial charge >= 0.3 is 0 Å². The van der Waals surface area contributed by atoms with E-state index in [0.29, 0.717) is 45.8 Å². The monoisotopic (exact) mass is 457 g/mol. The van der Waals surface area contributed by atoms with Crippen molar-refractivity contribution in [1.82, 2.24) is 4.90 Å². The summed E-state index contributed by atoms with van der Waals surface area (Å²) in [6.07, 6.45) is 2.52. The van der Waals surface area contributed by atoms with E-state index in [2.05, 4.69) is 4.90 Å². The first-order valence-corrected chi connectivity index (χ1v) is 11.5. The average molecular weight is 458 g/mol. The highest BCUT2D eigenvalue weighted by Crippen LogP contribution is 2.37. The van der Waals surface area contributed by atoms with Crippen molar-refractivity contribution in [3.8, 4) is 28.6 Å². The quantitative estimate of drug-likeness (QED) is 0.351. The molecular formula is C28H27NO5. The third kappa shape index (κ3) is 4.50. The summed E-state index contributed by atoms with van der Waals surface area (Å²) >= 11 is 0. The fourth-order valence-electron chi connectivity index (χ4n) is 4.39. The molecule has 0 unspecified atom stereocenters. The van der Waals surface area contributed by atoms with E-state index in [-0.39, 0.29) is 11.5 Å². The number of nitrogens with zero attached hydrogens (tertiary/aromatic N) is 1. The predicted octanol–water partition coefficient (Wildman–Crippen LogP) is 5.52. The molecule has 1 saturated heterocycles. The van der Waals surface area contributed by atoms with E-state index in [9.17, 15) is 9.90 Å². The SMILES string of the molecule is COc1ccc2c(C(=O)c3ccc(OCCN4CCCC4)cc3)c(-c3ccc(O)cc3)oc2c1. The van der Waals surface area contributed by atoms with E-state index >= 15 is 0 Å². The molecular weight excluding hydrogens is 430 g/mol. The van der Waals surface area contributed by atoms with Crippen LogP contribution in [0.15, 0.2) is 71.1 Å². The number of ether oxygens (including phenoxy) is 2. The predicted molar refractivity (Wildman–Crippen MR) is 131 cm³/mol. The molecule has 0 aliphatic carbocycles. The summed E-state index contributed by atoms with van der Waals surface area (Å²) in [5, 5.41) is 10.4. The molecule has 1 fully saturated rings. The minimum absolute atomic E-state index is 0.143. The number of ketones is 1. The molecule has 3 aromatic carbocycles. The second-order valence-electron chi connectivity index (χ2n) is 8.47. The van der Waals surface area contributed by atoms with Crippen LogP contribution in [0.1, 0.15) is 28.8 Å². The van der Waals surface area contributed by atoms with E-state index in [1.54, 1.807) is 49.6 Å². The normalized spacial score (nSPS) is 13.9. The van der Waals surface area contributed by atoms with Gasteiger partial charge in [-0.3, -0.25) is 9.69 Å². The lowest BCUT2D eigenvalue weighted by molar-refractivity contribution is 0.104. The maximum absolute atomic E-state index is 13.6. The number of aromatic hydroxyl groups is 1. The van der Waals surface area contributed by atoms with Crippen LogP contribution in [-0.2, 0) is 0 Å². The van der Waals surface area contributed by atoms with Gasteiger partial charge in [-0.2, -0.15) is 0 Å². The zero-order chi connectivity index (χ0) is 23.5. The Balaban J connectivity index is 1.43. The summed E-state index contributed by atoms with van der Waals surface area (Å²) < 4.78 is 17.3. The van der Waals surface area contributed by atoms with Crippen LogP contribution in [0.25, 0.3) is 22.3 Å². The molecule has 0 radical (unpaired) electrons. The number of carbonyl (C=O) groups is 1. The van der Waals surface area contributed by atoms with Crippen LogP contribution in [0.4, 0.5) is 0 Å². The molecule has 1 N–H and O–H groups in total. The van der Waals surface area contributed by atoms with E-state index in [1.807, 2.05) is 24.3 Å². The average Bonchev–Trinajstić information content (AvgIpc) is 3.52. The largest absolute Gasteiger partial charge is 0.508 e. The Labute approximate surface area is 198 Å². The van der Waals surface area contributed by atoms with Crippen LogP contribution in [0, 0.1) is 0 Å². The van der Waals surface area contributed by atoms with Gasteiger partial charge in [-0.15, -0.1) is 0 Å². The molecule has 4 aromatic rings. The molecule has 0 amide bonds. The smallest absolute Gasteiger partial charge is 0.197 e. The molecule has 5 rings (SSSR count). The number of methoxy groups -OCH3 is 1. The highest BCUT2D eigenvalue weighted by molar-refractivity contribution is 6.19. The molecule has 6 heteroatoms. The van der Waals surface area contributed by atoms with E-state index < -0.39 is 0 Å². The van der Waals surface area contributed by atoms with Crippen LogP contribution in [0.5, 0.6) is 17.2 Å².